The van der Waals surface area contributed by atoms with Crippen LogP contribution >= 0.6 is 11.6 Å². The summed E-state index contributed by atoms with van der Waals surface area (Å²) in [7, 11) is 0. The summed E-state index contributed by atoms with van der Waals surface area (Å²) in [5.41, 5.74) is 4.61. The topological polar surface area (TPSA) is 37.6 Å². The van der Waals surface area contributed by atoms with Gasteiger partial charge < -0.3 is 9.30 Å². The highest BCUT2D eigenvalue weighted by molar-refractivity contribution is 6.30. The minimum atomic E-state index is 0.0808. The molecule has 0 aliphatic rings. The molecule has 0 unspecified atom stereocenters. The van der Waals surface area contributed by atoms with Crippen LogP contribution < -0.4 is 0 Å². The summed E-state index contributed by atoms with van der Waals surface area (Å²) >= 11 is 6.05. The second kappa shape index (κ2) is 8.50. The van der Waals surface area contributed by atoms with Gasteiger partial charge >= 0.3 is 0 Å². The summed E-state index contributed by atoms with van der Waals surface area (Å²) in [6.07, 6.45) is 2.24. The van der Waals surface area contributed by atoms with Gasteiger partial charge in [0.15, 0.2) is 0 Å². The second-order valence-electron chi connectivity index (χ2n) is 6.91. The minimum absolute atomic E-state index is 0.0808. The molecule has 0 N–H and O–H groups in total. The number of pyridine rings is 1. The lowest BCUT2D eigenvalue weighted by atomic mass is 10.1. The van der Waals surface area contributed by atoms with Crippen molar-refractivity contribution in [2.75, 3.05) is 6.54 Å². The summed E-state index contributed by atoms with van der Waals surface area (Å²) < 4.78 is 2.00. The molecule has 1 amide bonds. The zero-order chi connectivity index (χ0) is 20.2. The highest BCUT2D eigenvalue weighted by atomic mass is 35.5. The van der Waals surface area contributed by atoms with Crippen molar-refractivity contribution in [2.24, 2.45) is 0 Å². The van der Waals surface area contributed by atoms with Crippen LogP contribution in [0.1, 0.15) is 18.2 Å². The van der Waals surface area contributed by atoms with E-state index in [2.05, 4.69) is 0 Å². The fourth-order valence-electron chi connectivity index (χ4n) is 3.49. The van der Waals surface area contributed by atoms with E-state index in [1.807, 2.05) is 95.2 Å². The van der Waals surface area contributed by atoms with Gasteiger partial charge in [-0.15, -0.1) is 0 Å². The maximum absolute atomic E-state index is 13.2. The van der Waals surface area contributed by atoms with E-state index >= 15 is 0 Å². The molecule has 0 atom stereocenters. The number of hydrogen-bond acceptors (Lipinski definition) is 2. The van der Waals surface area contributed by atoms with Gasteiger partial charge in [-0.25, -0.2) is 4.98 Å². The largest absolute Gasteiger partial charge is 0.338 e. The number of halogens is 1. The van der Waals surface area contributed by atoms with Crippen molar-refractivity contribution >= 4 is 23.2 Å². The molecule has 0 saturated carbocycles. The molecule has 2 aromatic heterocycles. The third kappa shape index (κ3) is 4.17. The van der Waals surface area contributed by atoms with Crippen molar-refractivity contribution in [1.82, 2.24) is 14.3 Å². The Morgan fingerprint density at radius 1 is 1.00 bits per heavy atom. The van der Waals surface area contributed by atoms with Crippen LogP contribution in [0.5, 0.6) is 0 Å². The third-order valence-electron chi connectivity index (χ3n) is 5.02. The van der Waals surface area contributed by atoms with E-state index in [4.69, 9.17) is 16.6 Å². The fraction of sp³-hybridized carbons (Fsp3) is 0.167. The first-order valence-electron chi connectivity index (χ1n) is 9.69. The Bertz CT molecular complexity index is 1120. The summed E-state index contributed by atoms with van der Waals surface area (Å²) in [5, 5.41) is 0.676. The van der Waals surface area contributed by atoms with Crippen molar-refractivity contribution in [3.8, 4) is 11.3 Å². The molecule has 5 heteroatoms. The zero-order valence-corrected chi connectivity index (χ0v) is 17.0. The molecule has 0 bridgehead atoms. The smallest absolute Gasteiger partial charge is 0.228 e. The highest BCUT2D eigenvalue weighted by Crippen LogP contribution is 2.26. The summed E-state index contributed by atoms with van der Waals surface area (Å²) in [6, 6.07) is 23.5. The van der Waals surface area contributed by atoms with Crippen LogP contribution in [0.25, 0.3) is 16.9 Å². The van der Waals surface area contributed by atoms with Crippen LogP contribution in [-0.2, 0) is 17.8 Å². The van der Waals surface area contributed by atoms with Crippen molar-refractivity contribution in [2.45, 2.75) is 19.9 Å². The van der Waals surface area contributed by atoms with Crippen molar-refractivity contribution in [1.29, 1.82) is 0 Å². The lowest BCUT2D eigenvalue weighted by Crippen LogP contribution is -2.32. The van der Waals surface area contributed by atoms with E-state index in [1.165, 1.54) is 0 Å². The zero-order valence-electron chi connectivity index (χ0n) is 16.3. The number of carbonyl (C=O) groups excluding carboxylic acids is 1. The van der Waals surface area contributed by atoms with Crippen LogP contribution in [0.15, 0.2) is 79.0 Å². The van der Waals surface area contributed by atoms with Gasteiger partial charge in [0.1, 0.15) is 5.65 Å². The molecule has 0 radical (unpaired) electrons. The molecule has 0 fully saturated rings. The SMILES string of the molecule is CCN(Cc1ccccc1)C(=O)Cc1c(-c2ccc(Cl)cc2)nc2ccccn12. The number of amides is 1. The van der Waals surface area contributed by atoms with Gasteiger partial charge in [-0.3, -0.25) is 4.79 Å². The monoisotopic (exact) mass is 403 g/mol. The molecule has 0 aliphatic carbocycles. The minimum Gasteiger partial charge on any atom is -0.338 e. The Morgan fingerprint density at radius 2 is 1.72 bits per heavy atom. The van der Waals surface area contributed by atoms with Gasteiger partial charge in [-0.1, -0.05) is 60.1 Å². The first-order chi connectivity index (χ1) is 14.2. The number of likely N-dealkylation sites (N-methyl/N-ethyl adjacent to an activating group) is 1. The van der Waals surface area contributed by atoms with Crippen molar-refractivity contribution < 1.29 is 4.79 Å². The first-order valence-corrected chi connectivity index (χ1v) is 10.1. The number of imidazole rings is 1. The fourth-order valence-corrected chi connectivity index (χ4v) is 3.62. The molecular formula is C24H22ClN3O. The van der Waals surface area contributed by atoms with Gasteiger partial charge in [0, 0.05) is 29.9 Å². The van der Waals surface area contributed by atoms with E-state index < -0.39 is 0 Å². The average molecular weight is 404 g/mol. The number of hydrogen-bond donors (Lipinski definition) is 0. The molecule has 2 heterocycles. The predicted molar refractivity (Wildman–Crippen MR) is 117 cm³/mol. The Hall–Kier alpha value is -3.11. The molecule has 0 aliphatic heterocycles. The van der Waals surface area contributed by atoms with Gasteiger partial charge in [0.2, 0.25) is 5.91 Å². The molecule has 2 aromatic carbocycles. The van der Waals surface area contributed by atoms with E-state index in [9.17, 15) is 4.79 Å². The number of rotatable bonds is 6. The first kappa shape index (κ1) is 19.2. The molecule has 4 rings (SSSR count). The molecule has 0 saturated heterocycles. The lowest BCUT2D eigenvalue weighted by Gasteiger charge is -2.21. The van der Waals surface area contributed by atoms with Crippen LogP contribution in [0.4, 0.5) is 0 Å². The van der Waals surface area contributed by atoms with E-state index in [0.717, 1.165) is 28.2 Å². The normalized spacial score (nSPS) is 11.0. The van der Waals surface area contributed by atoms with Crippen LogP contribution in [0, 0.1) is 0 Å². The average Bonchev–Trinajstić information content (AvgIpc) is 3.11. The van der Waals surface area contributed by atoms with E-state index in [0.29, 0.717) is 18.1 Å². The number of benzene rings is 2. The molecule has 4 nitrogen and oxygen atoms in total. The molecule has 0 spiro atoms. The number of fused-ring (bicyclic) bond motifs is 1. The van der Waals surface area contributed by atoms with E-state index in [-0.39, 0.29) is 12.3 Å². The molecule has 146 valence electrons. The third-order valence-corrected chi connectivity index (χ3v) is 5.27. The number of carbonyl (C=O) groups is 1. The van der Waals surface area contributed by atoms with Gasteiger partial charge in [0.25, 0.3) is 0 Å². The number of nitrogens with zero attached hydrogens (tertiary/aromatic N) is 3. The van der Waals surface area contributed by atoms with E-state index in [1.54, 1.807) is 0 Å². The Balaban J connectivity index is 1.68. The Kier molecular flexibility index (Phi) is 5.63. The van der Waals surface area contributed by atoms with Gasteiger partial charge in [-0.05, 0) is 36.8 Å². The number of aromatic nitrogens is 2. The Labute approximate surface area is 175 Å². The summed E-state index contributed by atoms with van der Waals surface area (Å²) in [6.45, 7) is 3.26. The molecule has 4 aromatic rings. The van der Waals surface area contributed by atoms with Crippen LogP contribution in [0.2, 0.25) is 5.02 Å². The van der Waals surface area contributed by atoms with Gasteiger partial charge in [-0.2, -0.15) is 0 Å². The van der Waals surface area contributed by atoms with Crippen LogP contribution in [-0.4, -0.2) is 26.7 Å². The second-order valence-corrected chi connectivity index (χ2v) is 7.35. The summed E-state index contributed by atoms with van der Waals surface area (Å²) in [5.74, 6) is 0.0808. The Morgan fingerprint density at radius 3 is 2.45 bits per heavy atom. The van der Waals surface area contributed by atoms with Gasteiger partial charge in [0.05, 0.1) is 17.8 Å². The van der Waals surface area contributed by atoms with Crippen molar-refractivity contribution in [3.63, 3.8) is 0 Å². The highest BCUT2D eigenvalue weighted by Gasteiger charge is 2.20. The van der Waals surface area contributed by atoms with Crippen molar-refractivity contribution in [3.05, 3.63) is 95.3 Å². The predicted octanol–water partition coefficient (Wildman–Crippen LogP) is 5.25. The standard InChI is InChI=1S/C24H22ClN3O/c1-2-27(17-18-8-4-3-5-9-18)23(29)16-21-24(19-11-13-20(25)14-12-19)26-22-10-6-7-15-28(21)22/h3-15H,2,16-17H2,1H3. The van der Waals surface area contributed by atoms with Crippen LogP contribution in [0.3, 0.4) is 0 Å². The molecular weight excluding hydrogens is 382 g/mol. The maximum Gasteiger partial charge on any atom is 0.228 e. The molecule has 29 heavy (non-hydrogen) atoms. The quantitative estimate of drug-likeness (QED) is 0.441. The lowest BCUT2D eigenvalue weighted by molar-refractivity contribution is -0.130. The maximum atomic E-state index is 13.2. The summed E-state index contributed by atoms with van der Waals surface area (Å²) in [4.78, 5) is 19.9.